The molecule has 1 aromatic carbocycles. The maximum absolute atomic E-state index is 11.8. The van der Waals surface area contributed by atoms with Crippen molar-refractivity contribution in [2.75, 3.05) is 13.2 Å². The maximum atomic E-state index is 11.8. The van der Waals surface area contributed by atoms with Crippen LogP contribution in [-0.4, -0.2) is 36.2 Å². The molecule has 3 N–H and O–H groups in total. The number of nitrogens with zero attached hydrogens (tertiary/aromatic N) is 1. The average Bonchev–Trinajstić information content (AvgIpc) is 2.60. The van der Waals surface area contributed by atoms with E-state index in [-0.39, 0.29) is 19.2 Å². The van der Waals surface area contributed by atoms with Gasteiger partial charge in [-0.15, -0.1) is 0 Å². The molecule has 1 unspecified atom stereocenters. The van der Waals surface area contributed by atoms with Gasteiger partial charge in [-0.1, -0.05) is 30.3 Å². The second kappa shape index (κ2) is 6.19. The van der Waals surface area contributed by atoms with Crippen molar-refractivity contribution in [3.8, 4) is 0 Å². The lowest BCUT2D eigenvalue weighted by Crippen LogP contribution is -2.41. The summed E-state index contributed by atoms with van der Waals surface area (Å²) in [5.41, 5.74) is 6.54. The first-order valence-corrected chi connectivity index (χ1v) is 6.16. The molecular weight excluding hydrogens is 246 g/mol. The van der Waals surface area contributed by atoms with E-state index in [1.807, 2.05) is 30.3 Å². The molecule has 6 heteroatoms. The Balaban J connectivity index is 1.84. The predicted octanol–water partition coefficient (Wildman–Crippen LogP) is 0.430. The fourth-order valence-electron chi connectivity index (χ4n) is 1.78. The summed E-state index contributed by atoms with van der Waals surface area (Å²) >= 11 is 0. The Labute approximate surface area is 111 Å². The van der Waals surface area contributed by atoms with E-state index in [2.05, 4.69) is 5.32 Å². The van der Waals surface area contributed by atoms with Gasteiger partial charge >= 0.3 is 6.09 Å². The van der Waals surface area contributed by atoms with Crippen LogP contribution in [0.2, 0.25) is 0 Å². The molecule has 0 aromatic heterocycles. The molecule has 19 heavy (non-hydrogen) atoms. The van der Waals surface area contributed by atoms with E-state index in [9.17, 15) is 9.59 Å². The first-order chi connectivity index (χ1) is 9.16. The highest BCUT2D eigenvalue weighted by molar-refractivity contribution is 5.82. The summed E-state index contributed by atoms with van der Waals surface area (Å²) in [5.74, 6) is -0.238. The van der Waals surface area contributed by atoms with Crippen LogP contribution in [0.4, 0.5) is 4.79 Å². The van der Waals surface area contributed by atoms with E-state index in [0.29, 0.717) is 13.0 Å². The average molecular weight is 263 g/mol. The van der Waals surface area contributed by atoms with Crippen LogP contribution in [0.1, 0.15) is 12.0 Å². The van der Waals surface area contributed by atoms with Gasteiger partial charge in [0.1, 0.15) is 6.61 Å². The quantitative estimate of drug-likeness (QED) is 0.810. The van der Waals surface area contributed by atoms with Gasteiger partial charge in [-0.05, 0) is 12.0 Å². The number of benzene rings is 1. The number of hydrogen-bond acceptors (Lipinski definition) is 4. The summed E-state index contributed by atoms with van der Waals surface area (Å²) < 4.78 is 5.19. The molecule has 1 aliphatic heterocycles. The summed E-state index contributed by atoms with van der Waals surface area (Å²) in [4.78, 5) is 24.6. The molecule has 2 rings (SSSR count). The topological polar surface area (TPSA) is 84.7 Å². The van der Waals surface area contributed by atoms with Crippen molar-refractivity contribution in [3.63, 3.8) is 0 Å². The third-order valence-corrected chi connectivity index (χ3v) is 2.95. The van der Waals surface area contributed by atoms with Crippen LogP contribution in [0, 0.1) is 0 Å². The van der Waals surface area contributed by atoms with Crippen molar-refractivity contribution in [3.05, 3.63) is 35.9 Å². The lowest BCUT2D eigenvalue weighted by molar-refractivity contribution is -0.122. The number of nitrogens with one attached hydrogen (secondary N) is 1. The van der Waals surface area contributed by atoms with E-state index in [0.717, 1.165) is 5.56 Å². The van der Waals surface area contributed by atoms with Crippen molar-refractivity contribution in [2.24, 2.45) is 5.73 Å². The molecule has 1 saturated heterocycles. The molecule has 2 amide bonds. The molecule has 1 heterocycles. The Bertz CT molecular complexity index is 450. The lowest BCUT2D eigenvalue weighted by Gasteiger charge is -2.19. The second-order valence-electron chi connectivity index (χ2n) is 4.40. The Morgan fingerprint density at radius 1 is 1.42 bits per heavy atom. The normalized spacial score (nSPS) is 19.5. The SMILES string of the molecule is NC1CCN(C(=O)OCc2ccccc2)CNC1=O. The van der Waals surface area contributed by atoms with Crippen LogP contribution >= 0.6 is 0 Å². The molecule has 0 bridgehead atoms. The number of carbonyl (C=O) groups excluding carboxylic acids is 2. The molecule has 6 nitrogen and oxygen atoms in total. The number of rotatable bonds is 2. The molecule has 1 aromatic rings. The first kappa shape index (κ1) is 13.4. The van der Waals surface area contributed by atoms with Crippen molar-refractivity contribution in [2.45, 2.75) is 19.1 Å². The number of ether oxygens (including phenoxy) is 1. The zero-order valence-electron chi connectivity index (χ0n) is 10.5. The second-order valence-corrected chi connectivity index (χ2v) is 4.40. The van der Waals surface area contributed by atoms with Crippen LogP contribution in [-0.2, 0) is 16.1 Å². The summed E-state index contributed by atoms with van der Waals surface area (Å²) in [5, 5.41) is 2.58. The first-order valence-electron chi connectivity index (χ1n) is 6.16. The van der Waals surface area contributed by atoms with E-state index in [1.165, 1.54) is 4.90 Å². The molecule has 1 atom stereocenters. The summed E-state index contributed by atoms with van der Waals surface area (Å²) in [6.45, 7) is 0.768. The Morgan fingerprint density at radius 3 is 2.89 bits per heavy atom. The zero-order chi connectivity index (χ0) is 13.7. The molecule has 1 fully saturated rings. The van der Waals surface area contributed by atoms with Crippen LogP contribution in [0.25, 0.3) is 0 Å². The van der Waals surface area contributed by atoms with Crippen LogP contribution in [0.15, 0.2) is 30.3 Å². The zero-order valence-corrected chi connectivity index (χ0v) is 10.5. The van der Waals surface area contributed by atoms with Crippen LogP contribution in [0.3, 0.4) is 0 Å². The van der Waals surface area contributed by atoms with Gasteiger partial charge in [0.15, 0.2) is 0 Å². The number of hydrogen-bond donors (Lipinski definition) is 2. The fraction of sp³-hybridized carbons (Fsp3) is 0.385. The van der Waals surface area contributed by atoms with Crippen molar-refractivity contribution in [1.29, 1.82) is 0 Å². The minimum atomic E-state index is -0.563. The van der Waals surface area contributed by atoms with Crippen molar-refractivity contribution < 1.29 is 14.3 Å². The minimum absolute atomic E-state index is 0.139. The van der Waals surface area contributed by atoms with E-state index >= 15 is 0 Å². The molecular formula is C13H17N3O3. The molecule has 0 saturated carbocycles. The highest BCUT2D eigenvalue weighted by atomic mass is 16.6. The molecule has 102 valence electrons. The predicted molar refractivity (Wildman–Crippen MR) is 68.9 cm³/mol. The van der Waals surface area contributed by atoms with Gasteiger partial charge in [0.05, 0.1) is 12.7 Å². The van der Waals surface area contributed by atoms with Gasteiger partial charge < -0.3 is 15.8 Å². The number of nitrogens with two attached hydrogens (primary N) is 1. The molecule has 0 radical (unpaired) electrons. The smallest absolute Gasteiger partial charge is 0.411 e. The largest absolute Gasteiger partial charge is 0.445 e. The van der Waals surface area contributed by atoms with E-state index in [1.54, 1.807) is 0 Å². The van der Waals surface area contributed by atoms with Gasteiger partial charge in [0.25, 0.3) is 0 Å². The summed E-state index contributed by atoms with van der Waals surface area (Å²) in [6, 6.07) is 8.87. The van der Waals surface area contributed by atoms with Gasteiger partial charge in [-0.3, -0.25) is 9.69 Å². The number of carbonyl (C=O) groups is 2. The van der Waals surface area contributed by atoms with Crippen molar-refractivity contribution >= 4 is 12.0 Å². The standard InChI is InChI=1S/C13H17N3O3/c14-11-6-7-16(9-15-12(11)17)13(18)19-8-10-4-2-1-3-5-10/h1-5,11H,6-9,14H2,(H,15,17). The highest BCUT2D eigenvalue weighted by Gasteiger charge is 2.24. The summed E-state index contributed by atoms with van der Waals surface area (Å²) in [6.07, 6.45) is -0.00929. The van der Waals surface area contributed by atoms with Crippen LogP contribution in [0.5, 0.6) is 0 Å². The number of amides is 2. The third-order valence-electron chi connectivity index (χ3n) is 2.95. The van der Waals surface area contributed by atoms with Crippen LogP contribution < -0.4 is 11.1 Å². The van der Waals surface area contributed by atoms with E-state index in [4.69, 9.17) is 10.5 Å². The van der Waals surface area contributed by atoms with Gasteiger partial charge in [-0.2, -0.15) is 0 Å². The minimum Gasteiger partial charge on any atom is -0.445 e. The maximum Gasteiger partial charge on any atom is 0.411 e. The molecule has 0 spiro atoms. The van der Waals surface area contributed by atoms with Gasteiger partial charge in [-0.25, -0.2) is 4.79 Å². The van der Waals surface area contributed by atoms with Gasteiger partial charge in [0.2, 0.25) is 5.91 Å². The Hall–Kier alpha value is -2.08. The third kappa shape index (κ3) is 3.69. The molecule has 1 aliphatic rings. The monoisotopic (exact) mass is 263 g/mol. The van der Waals surface area contributed by atoms with Crippen molar-refractivity contribution in [1.82, 2.24) is 10.2 Å². The molecule has 0 aliphatic carbocycles. The summed E-state index contributed by atoms with van der Waals surface area (Å²) in [7, 11) is 0. The Kier molecular flexibility index (Phi) is 4.35. The Morgan fingerprint density at radius 2 is 2.16 bits per heavy atom. The fourth-order valence-corrected chi connectivity index (χ4v) is 1.78. The van der Waals surface area contributed by atoms with Gasteiger partial charge in [0, 0.05) is 6.54 Å². The highest BCUT2D eigenvalue weighted by Crippen LogP contribution is 2.05. The lowest BCUT2D eigenvalue weighted by atomic mass is 10.2. The van der Waals surface area contributed by atoms with E-state index < -0.39 is 12.1 Å².